The van der Waals surface area contributed by atoms with E-state index in [-0.39, 0.29) is 0 Å². The summed E-state index contributed by atoms with van der Waals surface area (Å²) in [5.74, 6) is 1.58. The van der Waals surface area contributed by atoms with E-state index in [1.54, 1.807) is 0 Å². The fourth-order valence-electron chi connectivity index (χ4n) is 2.95. The molecular formula is C14H22N4. The average Bonchev–Trinajstić information content (AvgIpc) is 2.49. The first-order valence-corrected chi connectivity index (χ1v) is 7.21. The lowest BCUT2D eigenvalue weighted by Crippen LogP contribution is -2.31. The highest BCUT2D eigenvalue weighted by Gasteiger charge is 2.17. The highest BCUT2D eigenvalue weighted by molar-refractivity contribution is 5.31. The molecule has 98 valence electrons. The van der Waals surface area contributed by atoms with Crippen LogP contribution in [0.25, 0.3) is 0 Å². The van der Waals surface area contributed by atoms with E-state index < -0.39 is 0 Å². The Balaban J connectivity index is 1.67. The molecular weight excluding hydrogens is 224 g/mol. The molecule has 1 aromatic heterocycles. The number of anilines is 1. The van der Waals surface area contributed by atoms with Gasteiger partial charge in [0.05, 0.1) is 0 Å². The Labute approximate surface area is 109 Å². The fourth-order valence-corrected chi connectivity index (χ4v) is 2.95. The summed E-state index contributed by atoms with van der Waals surface area (Å²) in [6.07, 6.45) is 10.4. The zero-order valence-electron chi connectivity index (χ0n) is 10.9. The van der Waals surface area contributed by atoms with Gasteiger partial charge in [-0.3, -0.25) is 0 Å². The molecule has 4 nitrogen and oxygen atoms in total. The van der Waals surface area contributed by atoms with Crippen molar-refractivity contribution in [3.05, 3.63) is 18.0 Å². The summed E-state index contributed by atoms with van der Waals surface area (Å²) in [5.41, 5.74) is 1.32. The van der Waals surface area contributed by atoms with E-state index in [1.807, 2.05) is 12.4 Å². The van der Waals surface area contributed by atoms with Crippen LogP contribution in [0.4, 0.5) is 5.95 Å². The molecule has 1 N–H and O–H groups in total. The van der Waals surface area contributed by atoms with Crippen LogP contribution in [0.3, 0.4) is 0 Å². The minimum Gasteiger partial charge on any atom is -0.341 e. The highest BCUT2D eigenvalue weighted by atomic mass is 15.2. The molecule has 0 amide bonds. The molecule has 2 saturated heterocycles. The van der Waals surface area contributed by atoms with Crippen LogP contribution >= 0.6 is 0 Å². The molecule has 0 aromatic carbocycles. The summed E-state index contributed by atoms with van der Waals surface area (Å²) < 4.78 is 0. The standard InChI is InChI=1S/C14H22N4/c1-2-8-18(9-3-1)14-16-10-13(11-17-14)12-4-6-15-7-5-12/h10-12,15H,1-9H2. The van der Waals surface area contributed by atoms with Crippen molar-refractivity contribution in [1.29, 1.82) is 0 Å². The van der Waals surface area contributed by atoms with E-state index >= 15 is 0 Å². The minimum absolute atomic E-state index is 0.654. The molecule has 0 spiro atoms. The van der Waals surface area contributed by atoms with Gasteiger partial charge in [0.2, 0.25) is 5.95 Å². The summed E-state index contributed by atoms with van der Waals surface area (Å²) in [4.78, 5) is 11.5. The molecule has 2 fully saturated rings. The molecule has 0 radical (unpaired) electrons. The second kappa shape index (κ2) is 5.65. The predicted octanol–water partition coefficient (Wildman–Crippen LogP) is 1.93. The van der Waals surface area contributed by atoms with Crippen molar-refractivity contribution in [2.75, 3.05) is 31.1 Å². The van der Waals surface area contributed by atoms with Gasteiger partial charge in [0, 0.05) is 25.5 Å². The van der Waals surface area contributed by atoms with Gasteiger partial charge >= 0.3 is 0 Å². The Hall–Kier alpha value is -1.16. The summed E-state index contributed by atoms with van der Waals surface area (Å²) in [7, 11) is 0. The molecule has 0 unspecified atom stereocenters. The lowest BCUT2D eigenvalue weighted by molar-refractivity contribution is 0.458. The highest BCUT2D eigenvalue weighted by Crippen LogP contribution is 2.25. The first-order valence-electron chi connectivity index (χ1n) is 7.21. The third kappa shape index (κ3) is 2.64. The van der Waals surface area contributed by atoms with Crippen LogP contribution in [0.1, 0.15) is 43.6 Å². The van der Waals surface area contributed by atoms with E-state index in [9.17, 15) is 0 Å². The number of nitrogens with zero attached hydrogens (tertiary/aromatic N) is 3. The maximum absolute atomic E-state index is 4.57. The number of rotatable bonds is 2. The number of piperidine rings is 2. The van der Waals surface area contributed by atoms with Crippen LogP contribution in [0.15, 0.2) is 12.4 Å². The zero-order valence-corrected chi connectivity index (χ0v) is 10.9. The second-order valence-corrected chi connectivity index (χ2v) is 5.39. The molecule has 0 saturated carbocycles. The summed E-state index contributed by atoms with van der Waals surface area (Å²) in [6, 6.07) is 0. The maximum atomic E-state index is 4.57. The van der Waals surface area contributed by atoms with Gasteiger partial charge in [-0.1, -0.05) is 0 Å². The van der Waals surface area contributed by atoms with Crippen molar-refractivity contribution in [2.24, 2.45) is 0 Å². The van der Waals surface area contributed by atoms with Crippen molar-refractivity contribution in [1.82, 2.24) is 15.3 Å². The second-order valence-electron chi connectivity index (χ2n) is 5.39. The third-order valence-electron chi connectivity index (χ3n) is 4.11. The zero-order chi connectivity index (χ0) is 12.2. The van der Waals surface area contributed by atoms with Crippen LogP contribution in [0.5, 0.6) is 0 Å². The molecule has 2 aliphatic heterocycles. The first-order chi connectivity index (χ1) is 8.93. The molecule has 3 heterocycles. The Morgan fingerprint density at radius 1 is 1.00 bits per heavy atom. The average molecular weight is 246 g/mol. The number of nitrogens with one attached hydrogen (secondary N) is 1. The number of hydrogen-bond donors (Lipinski definition) is 1. The lowest BCUT2D eigenvalue weighted by Gasteiger charge is -2.27. The smallest absolute Gasteiger partial charge is 0.225 e. The molecule has 0 bridgehead atoms. The monoisotopic (exact) mass is 246 g/mol. The van der Waals surface area contributed by atoms with E-state index in [0.717, 1.165) is 32.1 Å². The predicted molar refractivity (Wildman–Crippen MR) is 72.9 cm³/mol. The van der Waals surface area contributed by atoms with Crippen LogP contribution < -0.4 is 10.2 Å². The van der Waals surface area contributed by atoms with Gasteiger partial charge in [-0.2, -0.15) is 0 Å². The third-order valence-corrected chi connectivity index (χ3v) is 4.11. The summed E-state index contributed by atoms with van der Waals surface area (Å²) in [6.45, 7) is 4.48. The van der Waals surface area contributed by atoms with E-state index in [0.29, 0.717) is 5.92 Å². The summed E-state index contributed by atoms with van der Waals surface area (Å²) >= 11 is 0. The molecule has 1 aromatic rings. The fraction of sp³-hybridized carbons (Fsp3) is 0.714. The van der Waals surface area contributed by atoms with Gasteiger partial charge in [-0.05, 0) is 56.7 Å². The molecule has 0 atom stereocenters. The van der Waals surface area contributed by atoms with Gasteiger partial charge in [0.1, 0.15) is 0 Å². The van der Waals surface area contributed by atoms with Crippen molar-refractivity contribution >= 4 is 5.95 Å². The van der Waals surface area contributed by atoms with Gasteiger partial charge < -0.3 is 10.2 Å². The first kappa shape index (κ1) is 11.9. The minimum atomic E-state index is 0.654. The van der Waals surface area contributed by atoms with Crippen LogP contribution in [0.2, 0.25) is 0 Å². The van der Waals surface area contributed by atoms with Crippen molar-refractivity contribution in [3.63, 3.8) is 0 Å². The van der Waals surface area contributed by atoms with Crippen LogP contribution in [-0.2, 0) is 0 Å². The molecule has 18 heavy (non-hydrogen) atoms. The normalized spacial score (nSPS) is 22.1. The van der Waals surface area contributed by atoms with Gasteiger partial charge in [-0.15, -0.1) is 0 Å². The van der Waals surface area contributed by atoms with Crippen LogP contribution in [0, 0.1) is 0 Å². The van der Waals surface area contributed by atoms with Gasteiger partial charge in [0.25, 0.3) is 0 Å². The molecule has 3 rings (SSSR count). The van der Waals surface area contributed by atoms with E-state index in [4.69, 9.17) is 0 Å². The summed E-state index contributed by atoms with van der Waals surface area (Å²) in [5, 5.41) is 3.40. The van der Waals surface area contributed by atoms with Crippen molar-refractivity contribution in [3.8, 4) is 0 Å². The molecule has 4 heteroatoms. The molecule has 2 aliphatic rings. The maximum Gasteiger partial charge on any atom is 0.225 e. The molecule has 0 aliphatic carbocycles. The van der Waals surface area contributed by atoms with E-state index in [2.05, 4.69) is 20.2 Å². The van der Waals surface area contributed by atoms with Crippen molar-refractivity contribution < 1.29 is 0 Å². The van der Waals surface area contributed by atoms with Gasteiger partial charge in [0.15, 0.2) is 0 Å². The Morgan fingerprint density at radius 3 is 2.33 bits per heavy atom. The van der Waals surface area contributed by atoms with Crippen molar-refractivity contribution in [2.45, 2.75) is 38.0 Å². The topological polar surface area (TPSA) is 41.1 Å². The Kier molecular flexibility index (Phi) is 3.74. The van der Waals surface area contributed by atoms with E-state index in [1.165, 1.54) is 37.7 Å². The SMILES string of the molecule is c1nc(N2CCCCC2)ncc1C1CCNCC1. The number of aromatic nitrogens is 2. The lowest BCUT2D eigenvalue weighted by atomic mass is 9.92. The Bertz CT molecular complexity index is 327. The van der Waals surface area contributed by atoms with Gasteiger partial charge in [-0.25, -0.2) is 9.97 Å². The Morgan fingerprint density at radius 2 is 1.67 bits per heavy atom. The largest absolute Gasteiger partial charge is 0.341 e. The quantitative estimate of drug-likeness (QED) is 0.866. The van der Waals surface area contributed by atoms with Crippen LogP contribution in [-0.4, -0.2) is 36.1 Å². The number of hydrogen-bond acceptors (Lipinski definition) is 4.